The SMILES string of the molecule is COc1cc(OC)c(C2CCN(C)CC2)c(O)c1C(=O)/C=C/c1c(Cl)cccc1Cl. The summed E-state index contributed by atoms with van der Waals surface area (Å²) in [6, 6.07) is 6.79. The Morgan fingerprint density at radius 2 is 1.73 bits per heavy atom. The van der Waals surface area contributed by atoms with Gasteiger partial charge in [0.25, 0.3) is 0 Å². The summed E-state index contributed by atoms with van der Waals surface area (Å²) in [5.74, 6) is 0.364. The lowest BCUT2D eigenvalue weighted by Gasteiger charge is -2.31. The third kappa shape index (κ3) is 4.59. The lowest BCUT2D eigenvalue weighted by molar-refractivity contribution is 0.104. The van der Waals surface area contributed by atoms with Gasteiger partial charge in [-0.2, -0.15) is 0 Å². The van der Waals surface area contributed by atoms with Crippen LogP contribution >= 0.6 is 23.2 Å². The van der Waals surface area contributed by atoms with E-state index in [0.29, 0.717) is 26.9 Å². The minimum absolute atomic E-state index is 0.0931. The number of rotatable bonds is 6. The predicted octanol–water partition coefficient (Wildman–Crippen LogP) is 5.42. The summed E-state index contributed by atoms with van der Waals surface area (Å²) < 4.78 is 10.9. The molecule has 0 atom stereocenters. The summed E-state index contributed by atoms with van der Waals surface area (Å²) in [4.78, 5) is 15.3. The lowest BCUT2D eigenvalue weighted by atomic mass is 9.86. The van der Waals surface area contributed by atoms with Crippen molar-refractivity contribution >= 4 is 35.1 Å². The average molecular weight is 450 g/mol. The first-order valence-corrected chi connectivity index (χ1v) is 10.5. The van der Waals surface area contributed by atoms with Crippen LogP contribution in [0.15, 0.2) is 30.3 Å². The van der Waals surface area contributed by atoms with Crippen LogP contribution in [-0.4, -0.2) is 50.1 Å². The van der Waals surface area contributed by atoms with Gasteiger partial charge in [0.05, 0.1) is 14.2 Å². The van der Waals surface area contributed by atoms with E-state index >= 15 is 0 Å². The second-order valence-electron chi connectivity index (χ2n) is 7.33. The topological polar surface area (TPSA) is 59.0 Å². The molecule has 1 fully saturated rings. The molecule has 0 amide bonds. The van der Waals surface area contributed by atoms with Crippen LogP contribution in [0, 0.1) is 0 Å². The number of hydrogen-bond acceptors (Lipinski definition) is 5. The molecule has 1 heterocycles. The van der Waals surface area contributed by atoms with Gasteiger partial charge in [0.2, 0.25) is 0 Å². The van der Waals surface area contributed by atoms with Crippen molar-refractivity contribution in [3.05, 3.63) is 57.1 Å². The van der Waals surface area contributed by atoms with Gasteiger partial charge in [0, 0.05) is 27.2 Å². The Morgan fingerprint density at radius 1 is 1.13 bits per heavy atom. The van der Waals surface area contributed by atoms with Gasteiger partial charge in [-0.15, -0.1) is 0 Å². The number of phenolic OH excluding ortho intramolecular Hbond substituents is 1. The Kier molecular flexibility index (Phi) is 7.29. The Bertz CT molecular complexity index is 946. The first kappa shape index (κ1) is 22.5. The third-order valence-electron chi connectivity index (χ3n) is 5.48. The fraction of sp³-hybridized carbons (Fsp3) is 0.348. The normalized spacial score (nSPS) is 15.5. The zero-order chi connectivity index (χ0) is 21.8. The molecule has 30 heavy (non-hydrogen) atoms. The third-order valence-corrected chi connectivity index (χ3v) is 6.14. The van der Waals surface area contributed by atoms with Crippen molar-refractivity contribution in [1.82, 2.24) is 4.90 Å². The van der Waals surface area contributed by atoms with Gasteiger partial charge in [-0.05, 0) is 63.2 Å². The van der Waals surface area contributed by atoms with Gasteiger partial charge in [-0.3, -0.25) is 4.79 Å². The number of nitrogens with zero attached hydrogens (tertiary/aromatic N) is 1. The number of hydrogen-bond donors (Lipinski definition) is 1. The fourth-order valence-electron chi connectivity index (χ4n) is 3.81. The summed E-state index contributed by atoms with van der Waals surface area (Å²) in [5, 5.41) is 12.0. The number of benzene rings is 2. The summed E-state index contributed by atoms with van der Waals surface area (Å²) in [6.07, 6.45) is 4.62. The van der Waals surface area contributed by atoms with Crippen LogP contribution in [0.1, 0.15) is 40.2 Å². The molecule has 1 N–H and O–H groups in total. The van der Waals surface area contributed by atoms with Crippen LogP contribution in [0.2, 0.25) is 10.0 Å². The minimum atomic E-state index is -0.405. The van der Waals surface area contributed by atoms with E-state index in [2.05, 4.69) is 11.9 Å². The molecule has 7 heteroatoms. The molecule has 0 aliphatic carbocycles. The van der Waals surface area contributed by atoms with Crippen LogP contribution in [-0.2, 0) is 0 Å². The number of piperidine rings is 1. The number of halogens is 2. The lowest BCUT2D eigenvalue weighted by Crippen LogP contribution is -2.29. The minimum Gasteiger partial charge on any atom is -0.507 e. The summed E-state index contributed by atoms with van der Waals surface area (Å²) >= 11 is 12.4. The molecule has 3 rings (SSSR count). The molecule has 1 aliphatic rings. The molecule has 2 aromatic carbocycles. The van der Waals surface area contributed by atoms with Crippen LogP contribution in [0.3, 0.4) is 0 Å². The maximum Gasteiger partial charge on any atom is 0.193 e. The van der Waals surface area contributed by atoms with Crippen molar-refractivity contribution in [2.24, 2.45) is 0 Å². The number of ketones is 1. The molecule has 0 spiro atoms. The number of phenols is 1. The highest BCUT2D eigenvalue weighted by molar-refractivity contribution is 6.37. The van der Waals surface area contributed by atoms with E-state index in [9.17, 15) is 9.90 Å². The van der Waals surface area contributed by atoms with Gasteiger partial charge in [0.1, 0.15) is 22.8 Å². The van der Waals surface area contributed by atoms with E-state index in [-0.39, 0.29) is 23.0 Å². The van der Waals surface area contributed by atoms with E-state index in [1.54, 1.807) is 37.5 Å². The molecule has 1 saturated heterocycles. The Labute approximate surface area is 186 Å². The first-order valence-electron chi connectivity index (χ1n) is 9.70. The van der Waals surface area contributed by atoms with Gasteiger partial charge >= 0.3 is 0 Å². The molecular formula is C23H25Cl2NO4. The molecule has 0 unspecified atom stereocenters. The Morgan fingerprint density at radius 3 is 2.30 bits per heavy atom. The summed E-state index contributed by atoms with van der Waals surface area (Å²) in [7, 11) is 5.07. The molecule has 2 aromatic rings. The van der Waals surface area contributed by atoms with Crippen LogP contribution in [0.5, 0.6) is 17.2 Å². The van der Waals surface area contributed by atoms with Gasteiger partial charge < -0.3 is 19.5 Å². The van der Waals surface area contributed by atoms with Crippen molar-refractivity contribution in [3.8, 4) is 17.2 Å². The largest absolute Gasteiger partial charge is 0.507 e. The standard InChI is InChI=1S/C23H25Cl2NO4/c1-26-11-9-14(10-12-26)21-19(29-2)13-20(30-3)22(23(21)28)18(27)8-7-15-16(24)5-4-6-17(15)25/h4-8,13-14,28H,9-12H2,1-3H3/b8-7+. The second-order valence-corrected chi connectivity index (χ2v) is 8.14. The molecule has 1 aliphatic heterocycles. The first-order chi connectivity index (χ1) is 14.4. The van der Waals surface area contributed by atoms with Crippen molar-refractivity contribution < 1.29 is 19.4 Å². The number of ether oxygens (including phenoxy) is 2. The van der Waals surface area contributed by atoms with Crippen molar-refractivity contribution in [2.75, 3.05) is 34.4 Å². The van der Waals surface area contributed by atoms with Crippen molar-refractivity contribution in [3.63, 3.8) is 0 Å². The summed E-state index contributed by atoms with van der Waals surface area (Å²) in [5.41, 5.74) is 1.29. The highest BCUT2D eigenvalue weighted by Gasteiger charge is 2.29. The van der Waals surface area contributed by atoms with E-state index in [1.807, 2.05) is 0 Å². The molecular weight excluding hydrogens is 425 g/mol. The Hall–Kier alpha value is -2.21. The molecule has 5 nitrogen and oxygen atoms in total. The monoisotopic (exact) mass is 449 g/mol. The van der Waals surface area contributed by atoms with E-state index in [4.69, 9.17) is 32.7 Å². The predicted molar refractivity (Wildman–Crippen MR) is 121 cm³/mol. The number of allylic oxidation sites excluding steroid dienone is 1. The molecule has 0 saturated carbocycles. The molecule has 0 bridgehead atoms. The van der Waals surface area contributed by atoms with Gasteiger partial charge in [-0.1, -0.05) is 29.3 Å². The van der Waals surface area contributed by atoms with E-state index in [0.717, 1.165) is 25.9 Å². The van der Waals surface area contributed by atoms with Crippen LogP contribution in [0.25, 0.3) is 6.08 Å². The van der Waals surface area contributed by atoms with Gasteiger partial charge in [0.15, 0.2) is 5.78 Å². The molecule has 0 radical (unpaired) electrons. The van der Waals surface area contributed by atoms with E-state index < -0.39 is 5.78 Å². The Balaban J connectivity index is 2.03. The molecule has 160 valence electrons. The quantitative estimate of drug-likeness (QED) is 0.471. The average Bonchev–Trinajstić information content (AvgIpc) is 2.73. The van der Waals surface area contributed by atoms with Crippen LogP contribution in [0.4, 0.5) is 0 Å². The number of aromatic hydroxyl groups is 1. The maximum atomic E-state index is 13.1. The van der Waals surface area contributed by atoms with Crippen molar-refractivity contribution in [2.45, 2.75) is 18.8 Å². The zero-order valence-electron chi connectivity index (χ0n) is 17.2. The van der Waals surface area contributed by atoms with Crippen molar-refractivity contribution in [1.29, 1.82) is 0 Å². The van der Waals surface area contributed by atoms with E-state index in [1.165, 1.54) is 13.2 Å². The zero-order valence-corrected chi connectivity index (χ0v) is 18.8. The van der Waals surface area contributed by atoms with Gasteiger partial charge in [-0.25, -0.2) is 0 Å². The molecule has 0 aromatic heterocycles. The number of carbonyl (C=O) groups excluding carboxylic acids is 1. The number of likely N-dealkylation sites (tertiary alicyclic amines) is 1. The number of carbonyl (C=O) groups is 1. The number of methoxy groups -OCH3 is 2. The highest BCUT2D eigenvalue weighted by Crippen LogP contribution is 2.45. The maximum absolute atomic E-state index is 13.1. The second kappa shape index (κ2) is 9.73. The smallest absolute Gasteiger partial charge is 0.193 e. The van der Waals surface area contributed by atoms with Crippen LogP contribution < -0.4 is 9.47 Å². The summed E-state index contributed by atoms with van der Waals surface area (Å²) in [6.45, 7) is 1.82. The highest BCUT2D eigenvalue weighted by atomic mass is 35.5. The fourth-order valence-corrected chi connectivity index (χ4v) is 4.33.